The molecule has 0 aliphatic heterocycles. The van der Waals surface area contributed by atoms with Crippen LogP contribution in [-0.4, -0.2) is 9.97 Å². The number of hydrogen-bond donors (Lipinski definition) is 1. The third-order valence-electron chi connectivity index (χ3n) is 2.36. The summed E-state index contributed by atoms with van der Waals surface area (Å²) in [5, 5.41) is 11.7. The molecule has 0 radical (unpaired) electrons. The van der Waals surface area contributed by atoms with E-state index in [1.165, 1.54) is 17.3 Å². The van der Waals surface area contributed by atoms with Gasteiger partial charge in [0.15, 0.2) is 5.69 Å². The van der Waals surface area contributed by atoms with E-state index in [4.69, 9.17) is 5.26 Å². The van der Waals surface area contributed by atoms with Crippen molar-refractivity contribution < 1.29 is 0 Å². The van der Waals surface area contributed by atoms with Crippen LogP contribution < -0.4 is 5.32 Å². The number of rotatable bonds is 3. The van der Waals surface area contributed by atoms with Crippen LogP contribution in [0.15, 0.2) is 36.7 Å². The molecule has 0 saturated carbocycles. The van der Waals surface area contributed by atoms with Gasteiger partial charge in [0.2, 0.25) is 0 Å². The minimum atomic E-state index is 0.325. The summed E-state index contributed by atoms with van der Waals surface area (Å²) in [7, 11) is 0. The second-order valence-corrected chi connectivity index (χ2v) is 3.74. The fourth-order valence-corrected chi connectivity index (χ4v) is 1.38. The third-order valence-corrected chi connectivity index (χ3v) is 2.36. The normalized spacial score (nSPS) is 9.65. The lowest BCUT2D eigenvalue weighted by molar-refractivity contribution is 1.08. The Morgan fingerprint density at radius 3 is 2.53 bits per heavy atom. The van der Waals surface area contributed by atoms with Crippen molar-refractivity contribution in [3.05, 3.63) is 53.5 Å². The van der Waals surface area contributed by atoms with Gasteiger partial charge in [-0.2, -0.15) is 5.26 Å². The summed E-state index contributed by atoms with van der Waals surface area (Å²) in [4.78, 5) is 8.02. The lowest BCUT2D eigenvalue weighted by atomic mass is 10.1. The maximum absolute atomic E-state index is 8.59. The average molecular weight is 224 g/mol. The molecule has 2 rings (SSSR count). The van der Waals surface area contributed by atoms with Crippen LogP contribution in [0.2, 0.25) is 0 Å². The topological polar surface area (TPSA) is 61.6 Å². The molecule has 1 N–H and O–H groups in total. The molecule has 4 nitrogen and oxygen atoms in total. The van der Waals surface area contributed by atoms with Crippen LogP contribution in [0.1, 0.15) is 16.8 Å². The number of nitrogens with one attached hydrogen (secondary N) is 1. The Hall–Kier alpha value is -2.41. The molecule has 1 heterocycles. The Morgan fingerprint density at radius 2 is 1.94 bits per heavy atom. The molecule has 84 valence electrons. The summed E-state index contributed by atoms with van der Waals surface area (Å²) in [6, 6.07) is 10.2. The van der Waals surface area contributed by atoms with Crippen molar-refractivity contribution in [1.29, 1.82) is 5.26 Å². The van der Waals surface area contributed by atoms with Crippen LogP contribution in [-0.2, 0) is 6.54 Å². The first-order valence-electron chi connectivity index (χ1n) is 5.29. The fraction of sp³-hybridized carbons (Fsp3) is 0.154. The highest BCUT2D eigenvalue weighted by molar-refractivity contribution is 5.35. The molecular weight excluding hydrogens is 212 g/mol. The SMILES string of the molecule is Cc1ccc(CNc2cnc(C#N)cn2)cc1. The van der Waals surface area contributed by atoms with E-state index < -0.39 is 0 Å². The van der Waals surface area contributed by atoms with E-state index in [-0.39, 0.29) is 0 Å². The van der Waals surface area contributed by atoms with E-state index in [0.29, 0.717) is 18.1 Å². The summed E-state index contributed by atoms with van der Waals surface area (Å²) in [6.45, 7) is 2.75. The van der Waals surface area contributed by atoms with Crippen molar-refractivity contribution in [3.8, 4) is 6.07 Å². The molecule has 17 heavy (non-hydrogen) atoms. The van der Waals surface area contributed by atoms with Gasteiger partial charge in [-0.15, -0.1) is 0 Å². The number of hydrogen-bond acceptors (Lipinski definition) is 4. The Morgan fingerprint density at radius 1 is 1.18 bits per heavy atom. The van der Waals surface area contributed by atoms with Crippen molar-refractivity contribution in [3.63, 3.8) is 0 Å². The van der Waals surface area contributed by atoms with Crippen molar-refractivity contribution in [2.75, 3.05) is 5.32 Å². The standard InChI is InChI=1S/C13H12N4/c1-10-2-4-11(5-3-10)7-16-13-9-15-12(6-14)8-17-13/h2-5,8-9H,7H2,1H3,(H,16,17). The first kappa shape index (κ1) is 11.1. The number of anilines is 1. The lowest BCUT2D eigenvalue weighted by Gasteiger charge is -2.05. The summed E-state index contributed by atoms with van der Waals surface area (Å²) >= 11 is 0. The monoisotopic (exact) mass is 224 g/mol. The molecule has 0 bridgehead atoms. The molecule has 0 spiro atoms. The molecule has 0 amide bonds. The summed E-state index contributed by atoms with van der Waals surface area (Å²) in [5.74, 6) is 0.671. The molecular formula is C13H12N4. The summed E-state index contributed by atoms with van der Waals surface area (Å²) < 4.78 is 0. The van der Waals surface area contributed by atoms with Gasteiger partial charge in [0, 0.05) is 6.54 Å². The van der Waals surface area contributed by atoms with Crippen LogP contribution in [0.3, 0.4) is 0 Å². The highest BCUT2D eigenvalue weighted by atomic mass is 15.0. The van der Waals surface area contributed by atoms with Crippen LogP contribution in [0.5, 0.6) is 0 Å². The van der Waals surface area contributed by atoms with E-state index >= 15 is 0 Å². The molecule has 2 aromatic rings. The lowest BCUT2D eigenvalue weighted by Crippen LogP contribution is -2.02. The van der Waals surface area contributed by atoms with Crippen LogP contribution in [0, 0.1) is 18.3 Å². The molecule has 0 atom stereocenters. The van der Waals surface area contributed by atoms with Crippen molar-refractivity contribution in [2.45, 2.75) is 13.5 Å². The number of aryl methyl sites for hydroxylation is 1. The molecule has 0 unspecified atom stereocenters. The van der Waals surface area contributed by atoms with Crippen molar-refractivity contribution in [1.82, 2.24) is 9.97 Å². The number of nitriles is 1. The van der Waals surface area contributed by atoms with Gasteiger partial charge in [0.05, 0.1) is 12.4 Å². The second kappa shape index (κ2) is 5.08. The van der Waals surface area contributed by atoms with E-state index in [1.807, 2.05) is 6.07 Å². The van der Waals surface area contributed by atoms with E-state index in [1.54, 1.807) is 6.20 Å². The zero-order valence-corrected chi connectivity index (χ0v) is 9.51. The van der Waals surface area contributed by atoms with Crippen LogP contribution in [0.25, 0.3) is 0 Å². The van der Waals surface area contributed by atoms with Gasteiger partial charge < -0.3 is 5.32 Å². The van der Waals surface area contributed by atoms with Gasteiger partial charge in [-0.1, -0.05) is 29.8 Å². The van der Waals surface area contributed by atoms with E-state index in [0.717, 1.165) is 0 Å². The summed E-state index contributed by atoms with van der Waals surface area (Å²) in [6.07, 6.45) is 3.02. The Bertz CT molecular complexity index is 523. The molecule has 4 heteroatoms. The Kier molecular flexibility index (Phi) is 3.31. The van der Waals surface area contributed by atoms with Crippen LogP contribution in [0.4, 0.5) is 5.82 Å². The second-order valence-electron chi connectivity index (χ2n) is 3.74. The Balaban J connectivity index is 1.98. The van der Waals surface area contributed by atoms with Gasteiger partial charge >= 0.3 is 0 Å². The molecule has 0 saturated heterocycles. The van der Waals surface area contributed by atoms with Crippen LogP contribution >= 0.6 is 0 Å². The molecule has 0 aliphatic rings. The quantitative estimate of drug-likeness (QED) is 0.868. The van der Waals surface area contributed by atoms with E-state index in [9.17, 15) is 0 Å². The average Bonchev–Trinajstić information content (AvgIpc) is 2.39. The number of aromatic nitrogens is 2. The highest BCUT2D eigenvalue weighted by Crippen LogP contribution is 2.06. The van der Waals surface area contributed by atoms with Gasteiger partial charge in [-0.05, 0) is 12.5 Å². The minimum absolute atomic E-state index is 0.325. The number of nitrogens with zero attached hydrogens (tertiary/aromatic N) is 3. The highest BCUT2D eigenvalue weighted by Gasteiger charge is 1.97. The zero-order chi connectivity index (χ0) is 12.1. The molecule has 0 aliphatic carbocycles. The fourth-order valence-electron chi connectivity index (χ4n) is 1.38. The predicted octanol–water partition coefficient (Wildman–Crippen LogP) is 2.27. The molecule has 1 aromatic heterocycles. The van der Waals surface area contributed by atoms with E-state index in [2.05, 4.69) is 46.5 Å². The minimum Gasteiger partial charge on any atom is -0.365 e. The number of benzene rings is 1. The van der Waals surface area contributed by atoms with Gasteiger partial charge in [-0.25, -0.2) is 9.97 Å². The van der Waals surface area contributed by atoms with Gasteiger partial charge in [0.1, 0.15) is 11.9 Å². The predicted molar refractivity (Wildman–Crippen MR) is 65.3 cm³/mol. The maximum atomic E-state index is 8.59. The van der Waals surface area contributed by atoms with Gasteiger partial charge in [-0.3, -0.25) is 0 Å². The Labute approximate surface area is 100.0 Å². The smallest absolute Gasteiger partial charge is 0.158 e. The molecule has 1 aromatic carbocycles. The zero-order valence-electron chi connectivity index (χ0n) is 9.51. The first-order valence-corrected chi connectivity index (χ1v) is 5.29. The van der Waals surface area contributed by atoms with Gasteiger partial charge in [0.25, 0.3) is 0 Å². The molecule has 0 fully saturated rings. The van der Waals surface area contributed by atoms with Crippen molar-refractivity contribution >= 4 is 5.82 Å². The largest absolute Gasteiger partial charge is 0.365 e. The van der Waals surface area contributed by atoms with Crippen molar-refractivity contribution in [2.24, 2.45) is 0 Å². The summed E-state index contributed by atoms with van der Waals surface area (Å²) in [5.41, 5.74) is 2.75. The third kappa shape index (κ3) is 3.02. The maximum Gasteiger partial charge on any atom is 0.158 e. The first-order chi connectivity index (χ1) is 8.28.